The molecule has 0 bridgehead atoms. The van der Waals surface area contributed by atoms with E-state index in [0.29, 0.717) is 11.2 Å². The zero-order valence-electron chi connectivity index (χ0n) is 13.7. The van der Waals surface area contributed by atoms with Crippen LogP contribution in [0.15, 0.2) is 36.9 Å². The lowest BCUT2D eigenvalue weighted by molar-refractivity contribution is 0.0585. The van der Waals surface area contributed by atoms with Crippen molar-refractivity contribution in [2.24, 2.45) is 0 Å². The predicted octanol–water partition coefficient (Wildman–Crippen LogP) is 1.93. The van der Waals surface area contributed by atoms with Crippen molar-refractivity contribution in [2.45, 2.75) is 38.8 Å². The molecule has 7 heteroatoms. The molecule has 1 unspecified atom stereocenters. The highest BCUT2D eigenvalue weighted by Gasteiger charge is 2.29. The van der Waals surface area contributed by atoms with Crippen molar-refractivity contribution >= 4 is 11.6 Å². The normalized spacial score (nSPS) is 18.2. The van der Waals surface area contributed by atoms with Crippen LogP contribution in [0.25, 0.3) is 5.65 Å². The van der Waals surface area contributed by atoms with Crippen molar-refractivity contribution in [1.82, 2.24) is 29.3 Å². The summed E-state index contributed by atoms with van der Waals surface area (Å²) in [5, 5.41) is 8.54. The molecule has 0 saturated carbocycles. The Balaban J connectivity index is 1.64. The van der Waals surface area contributed by atoms with E-state index in [2.05, 4.69) is 15.2 Å². The van der Waals surface area contributed by atoms with Gasteiger partial charge in [-0.2, -0.15) is 10.2 Å². The minimum absolute atomic E-state index is 0.0138. The second-order valence-corrected chi connectivity index (χ2v) is 6.27. The Hall–Kier alpha value is -2.70. The molecule has 7 nitrogen and oxygen atoms in total. The summed E-state index contributed by atoms with van der Waals surface area (Å²) < 4.78 is 3.56. The highest BCUT2D eigenvalue weighted by atomic mass is 16.2. The highest BCUT2D eigenvalue weighted by Crippen LogP contribution is 2.22. The van der Waals surface area contributed by atoms with Crippen LogP contribution in [0.1, 0.15) is 35.3 Å². The van der Waals surface area contributed by atoms with E-state index in [1.54, 1.807) is 16.9 Å². The van der Waals surface area contributed by atoms with Gasteiger partial charge in [0.1, 0.15) is 5.56 Å². The number of nitrogens with zero attached hydrogens (tertiary/aromatic N) is 6. The fraction of sp³-hybridized carbons (Fsp3) is 0.412. The third-order valence-corrected chi connectivity index (χ3v) is 4.58. The van der Waals surface area contributed by atoms with Crippen LogP contribution in [0, 0.1) is 6.92 Å². The Morgan fingerprint density at radius 1 is 1.29 bits per heavy atom. The van der Waals surface area contributed by atoms with Crippen molar-refractivity contribution in [3.8, 4) is 0 Å². The van der Waals surface area contributed by atoms with E-state index in [4.69, 9.17) is 0 Å². The number of piperidine rings is 1. The summed E-state index contributed by atoms with van der Waals surface area (Å²) >= 11 is 0. The minimum Gasteiger partial charge on any atom is -0.334 e. The summed E-state index contributed by atoms with van der Waals surface area (Å²) in [5.41, 5.74) is 2.08. The van der Waals surface area contributed by atoms with Crippen LogP contribution in [0.5, 0.6) is 0 Å². The third-order valence-electron chi connectivity index (χ3n) is 4.58. The van der Waals surface area contributed by atoms with Crippen LogP contribution in [0.2, 0.25) is 0 Å². The van der Waals surface area contributed by atoms with Gasteiger partial charge in [0.2, 0.25) is 0 Å². The van der Waals surface area contributed by atoms with Gasteiger partial charge in [-0.15, -0.1) is 0 Å². The first-order valence-corrected chi connectivity index (χ1v) is 8.32. The Labute approximate surface area is 139 Å². The molecule has 24 heavy (non-hydrogen) atoms. The van der Waals surface area contributed by atoms with Gasteiger partial charge in [-0.25, -0.2) is 9.50 Å². The van der Waals surface area contributed by atoms with E-state index < -0.39 is 0 Å². The number of fused-ring (bicyclic) bond motifs is 1. The number of carbonyl (C=O) groups excluding carboxylic acids is 1. The molecule has 0 spiro atoms. The lowest BCUT2D eigenvalue weighted by Gasteiger charge is -2.35. The zero-order valence-corrected chi connectivity index (χ0v) is 13.7. The van der Waals surface area contributed by atoms with Crippen LogP contribution < -0.4 is 0 Å². The van der Waals surface area contributed by atoms with Crippen molar-refractivity contribution in [3.63, 3.8) is 0 Å². The van der Waals surface area contributed by atoms with Crippen LogP contribution >= 0.6 is 0 Å². The van der Waals surface area contributed by atoms with Crippen molar-refractivity contribution in [2.75, 3.05) is 6.54 Å². The highest BCUT2D eigenvalue weighted by molar-refractivity contribution is 5.99. The van der Waals surface area contributed by atoms with Gasteiger partial charge in [0.25, 0.3) is 5.91 Å². The molecule has 0 aliphatic carbocycles. The summed E-state index contributed by atoms with van der Waals surface area (Å²) in [6.07, 6.45) is 10.4. The van der Waals surface area contributed by atoms with Gasteiger partial charge in [0.05, 0.1) is 18.8 Å². The maximum atomic E-state index is 13.1. The predicted molar refractivity (Wildman–Crippen MR) is 88.6 cm³/mol. The van der Waals surface area contributed by atoms with Gasteiger partial charge in [-0.1, -0.05) is 0 Å². The third kappa shape index (κ3) is 2.66. The van der Waals surface area contributed by atoms with E-state index in [9.17, 15) is 4.79 Å². The number of likely N-dealkylation sites (tertiary alicyclic amines) is 1. The molecule has 1 atom stereocenters. The Bertz CT molecular complexity index is 853. The summed E-state index contributed by atoms with van der Waals surface area (Å²) in [7, 11) is 0. The molecule has 1 amide bonds. The average Bonchev–Trinajstić information content (AvgIpc) is 3.24. The molecule has 0 aromatic carbocycles. The van der Waals surface area contributed by atoms with Gasteiger partial charge >= 0.3 is 0 Å². The van der Waals surface area contributed by atoms with Crippen molar-refractivity contribution in [3.05, 3.63) is 48.2 Å². The second kappa shape index (κ2) is 6.07. The van der Waals surface area contributed by atoms with Gasteiger partial charge in [-0.3, -0.25) is 9.48 Å². The number of hydrogen-bond acceptors (Lipinski definition) is 4. The Morgan fingerprint density at radius 3 is 3.04 bits per heavy atom. The lowest BCUT2D eigenvalue weighted by Crippen LogP contribution is -2.46. The number of aromatic nitrogens is 5. The molecular formula is C17H20N6O. The molecule has 1 aliphatic rings. The van der Waals surface area contributed by atoms with Crippen molar-refractivity contribution in [1.29, 1.82) is 0 Å². The van der Waals surface area contributed by atoms with E-state index in [1.165, 1.54) is 0 Å². The molecule has 0 N–H and O–H groups in total. The summed E-state index contributed by atoms with van der Waals surface area (Å²) in [6.45, 7) is 3.42. The van der Waals surface area contributed by atoms with Gasteiger partial charge in [0, 0.05) is 30.8 Å². The molecule has 4 rings (SSSR count). The Kier molecular flexibility index (Phi) is 3.76. The first-order chi connectivity index (χ1) is 11.7. The summed E-state index contributed by atoms with van der Waals surface area (Å²) in [5.74, 6) is 0.0138. The molecule has 0 radical (unpaired) electrons. The smallest absolute Gasteiger partial charge is 0.259 e. The van der Waals surface area contributed by atoms with E-state index >= 15 is 0 Å². The van der Waals surface area contributed by atoms with E-state index in [0.717, 1.165) is 38.0 Å². The Morgan fingerprint density at radius 2 is 2.21 bits per heavy atom. The second-order valence-electron chi connectivity index (χ2n) is 6.27. The quantitative estimate of drug-likeness (QED) is 0.738. The molecule has 1 aliphatic heterocycles. The van der Waals surface area contributed by atoms with Crippen LogP contribution in [-0.2, 0) is 6.54 Å². The number of amides is 1. The van der Waals surface area contributed by atoms with Gasteiger partial charge in [-0.05, 0) is 38.3 Å². The van der Waals surface area contributed by atoms with Gasteiger partial charge in [0.15, 0.2) is 5.65 Å². The number of carbonyl (C=O) groups is 1. The molecule has 124 valence electrons. The molecule has 3 aromatic rings. The summed E-state index contributed by atoms with van der Waals surface area (Å²) in [6, 6.07) is 3.95. The topological polar surface area (TPSA) is 68.3 Å². The standard InChI is InChI=1S/C17H20N6O/c1-13-6-10-23-16(20-13)15(11-19-23)17(24)22-9-3-2-5-14(22)12-21-8-4-7-18-21/h4,6-8,10-11,14H,2-3,5,9,12H2,1H3. The molecule has 3 aromatic heterocycles. The van der Waals surface area contributed by atoms with Crippen LogP contribution in [0.3, 0.4) is 0 Å². The molecule has 1 fully saturated rings. The molecular weight excluding hydrogens is 304 g/mol. The van der Waals surface area contributed by atoms with Gasteiger partial charge < -0.3 is 4.90 Å². The van der Waals surface area contributed by atoms with Crippen LogP contribution in [-0.4, -0.2) is 47.8 Å². The van der Waals surface area contributed by atoms with E-state index in [-0.39, 0.29) is 11.9 Å². The zero-order chi connectivity index (χ0) is 16.5. The lowest BCUT2D eigenvalue weighted by atomic mass is 10.0. The van der Waals surface area contributed by atoms with E-state index in [1.807, 2.05) is 41.0 Å². The fourth-order valence-corrected chi connectivity index (χ4v) is 3.35. The minimum atomic E-state index is 0.0138. The average molecular weight is 324 g/mol. The first kappa shape index (κ1) is 14.9. The molecule has 1 saturated heterocycles. The number of rotatable bonds is 3. The number of hydrogen-bond donors (Lipinski definition) is 0. The maximum absolute atomic E-state index is 13.1. The largest absolute Gasteiger partial charge is 0.334 e. The maximum Gasteiger partial charge on any atom is 0.259 e. The SMILES string of the molecule is Cc1ccn2ncc(C(=O)N3CCCCC3Cn3cccn3)c2n1. The molecule has 4 heterocycles. The number of aryl methyl sites for hydroxylation is 1. The fourth-order valence-electron chi connectivity index (χ4n) is 3.35. The summed E-state index contributed by atoms with van der Waals surface area (Å²) in [4.78, 5) is 19.6. The van der Waals surface area contributed by atoms with Crippen molar-refractivity contribution < 1.29 is 4.79 Å². The monoisotopic (exact) mass is 324 g/mol. The first-order valence-electron chi connectivity index (χ1n) is 8.32. The van der Waals surface area contributed by atoms with Crippen LogP contribution in [0.4, 0.5) is 0 Å².